The predicted molar refractivity (Wildman–Crippen MR) is 60.6 cm³/mol. The monoisotopic (exact) mass is 238 g/mol. The largest absolute Gasteiger partial charge is 0.460 e. The SMILES string of the molecule is CC1(F)CC1OCCOC(=O)c1ccccc1. The highest BCUT2D eigenvalue weighted by molar-refractivity contribution is 5.89. The van der Waals surface area contributed by atoms with E-state index in [0.717, 1.165) is 0 Å². The smallest absolute Gasteiger partial charge is 0.338 e. The van der Waals surface area contributed by atoms with Crippen LogP contribution in [0.4, 0.5) is 4.39 Å². The minimum Gasteiger partial charge on any atom is -0.460 e. The molecule has 0 spiro atoms. The predicted octanol–water partition coefficient (Wildman–Crippen LogP) is 2.36. The van der Waals surface area contributed by atoms with Crippen LogP contribution in [0, 0.1) is 0 Å². The van der Waals surface area contributed by atoms with E-state index in [1.165, 1.54) is 6.92 Å². The minimum absolute atomic E-state index is 0.153. The fraction of sp³-hybridized carbons (Fsp3) is 0.462. The quantitative estimate of drug-likeness (QED) is 0.583. The van der Waals surface area contributed by atoms with Gasteiger partial charge in [-0.05, 0) is 19.1 Å². The first-order valence-corrected chi connectivity index (χ1v) is 5.62. The minimum atomic E-state index is -1.19. The maximum atomic E-state index is 13.1. The summed E-state index contributed by atoms with van der Waals surface area (Å²) < 4.78 is 23.3. The maximum absolute atomic E-state index is 13.1. The molecule has 0 bridgehead atoms. The average molecular weight is 238 g/mol. The van der Waals surface area contributed by atoms with Crippen molar-refractivity contribution in [3.05, 3.63) is 35.9 Å². The number of carbonyl (C=O) groups excluding carboxylic acids is 1. The van der Waals surface area contributed by atoms with Crippen molar-refractivity contribution in [2.24, 2.45) is 0 Å². The van der Waals surface area contributed by atoms with Crippen LogP contribution in [0.5, 0.6) is 0 Å². The second-order valence-electron chi connectivity index (χ2n) is 4.34. The van der Waals surface area contributed by atoms with Gasteiger partial charge in [-0.1, -0.05) is 18.2 Å². The van der Waals surface area contributed by atoms with Gasteiger partial charge in [0.15, 0.2) is 0 Å². The van der Waals surface area contributed by atoms with Crippen molar-refractivity contribution < 1.29 is 18.7 Å². The van der Waals surface area contributed by atoms with Crippen LogP contribution in [0.2, 0.25) is 0 Å². The highest BCUT2D eigenvalue weighted by Crippen LogP contribution is 2.42. The Morgan fingerprint density at radius 1 is 1.41 bits per heavy atom. The second kappa shape index (κ2) is 4.84. The molecular weight excluding hydrogens is 223 g/mol. The Morgan fingerprint density at radius 3 is 2.65 bits per heavy atom. The van der Waals surface area contributed by atoms with Crippen molar-refractivity contribution in [2.45, 2.75) is 25.1 Å². The van der Waals surface area contributed by atoms with Crippen molar-refractivity contribution in [1.29, 1.82) is 0 Å². The lowest BCUT2D eigenvalue weighted by molar-refractivity contribution is 0.0204. The lowest BCUT2D eigenvalue weighted by Crippen LogP contribution is -2.13. The number of esters is 1. The maximum Gasteiger partial charge on any atom is 0.338 e. The fourth-order valence-corrected chi connectivity index (χ4v) is 1.52. The molecule has 1 saturated carbocycles. The Hall–Kier alpha value is -1.42. The molecule has 1 aliphatic rings. The molecule has 0 radical (unpaired) electrons. The van der Waals surface area contributed by atoms with Gasteiger partial charge in [0.25, 0.3) is 0 Å². The van der Waals surface area contributed by atoms with Crippen LogP contribution in [-0.4, -0.2) is 31.0 Å². The number of hydrogen-bond acceptors (Lipinski definition) is 3. The molecule has 1 fully saturated rings. The van der Waals surface area contributed by atoms with Crippen LogP contribution in [0.25, 0.3) is 0 Å². The summed E-state index contributed by atoms with van der Waals surface area (Å²) in [6.45, 7) is 1.90. The number of hydrogen-bond donors (Lipinski definition) is 0. The van der Waals surface area contributed by atoms with Gasteiger partial charge in [-0.15, -0.1) is 0 Å². The molecule has 0 amide bonds. The van der Waals surface area contributed by atoms with Crippen LogP contribution >= 0.6 is 0 Å². The van der Waals surface area contributed by atoms with E-state index in [1.54, 1.807) is 24.3 Å². The van der Waals surface area contributed by atoms with Crippen molar-refractivity contribution in [3.63, 3.8) is 0 Å². The number of benzene rings is 1. The number of rotatable bonds is 5. The first-order valence-electron chi connectivity index (χ1n) is 5.62. The Morgan fingerprint density at radius 2 is 2.06 bits per heavy atom. The molecule has 3 nitrogen and oxygen atoms in total. The molecule has 0 aromatic heterocycles. The molecule has 4 heteroatoms. The summed E-state index contributed by atoms with van der Waals surface area (Å²) in [5.41, 5.74) is -0.682. The van der Waals surface area contributed by atoms with Gasteiger partial charge >= 0.3 is 5.97 Å². The first kappa shape index (κ1) is 12.0. The summed E-state index contributed by atoms with van der Waals surface area (Å²) in [5.74, 6) is -0.381. The van der Waals surface area contributed by atoms with E-state index >= 15 is 0 Å². The van der Waals surface area contributed by atoms with Gasteiger partial charge in [0.2, 0.25) is 0 Å². The van der Waals surface area contributed by atoms with E-state index in [4.69, 9.17) is 9.47 Å². The Labute approximate surface area is 99.5 Å². The molecule has 2 rings (SSSR count). The normalized spacial score (nSPS) is 26.6. The summed E-state index contributed by atoms with van der Waals surface area (Å²) in [7, 11) is 0. The van der Waals surface area contributed by atoms with Crippen LogP contribution < -0.4 is 0 Å². The average Bonchev–Trinajstić information content (AvgIpc) is 2.93. The standard InChI is InChI=1S/C13H15FO3/c1-13(14)9-11(13)16-7-8-17-12(15)10-5-3-2-4-6-10/h2-6,11H,7-9H2,1H3. The van der Waals surface area contributed by atoms with Gasteiger partial charge in [0.05, 0.1) is 18.3 Å². The number of halogens is 1. The summed E-state index contributed by atoms with van der Waals surface area (Å²) >= 11 is 0. The lowest BCUT2D eigenvalue weighted by atomic mass is 10.2. The van der Waals surface area contributed by atoms with E-state index in [2.05, 4.69) is 0 Å². The molecule has 0 aliphatic heterocycles. The van der Waals surface area contributed by atoms with Crippen LogP contribution in [0.1, 0.15) is 23.7 Å². The number of carbonyl (C=O) groups is 1. The molecule has 17 heavy (non-hydrogen) atoms. The van der Waals surface area contributed by atoms with E-state index in [0.29, 0.717) is 12.0 Å². The third-order valence-corrected chi connectivity index (χ3v) is 2.74. The highest BCUT2D eigenvalue weighted by Gasteiger charge is 2.52. The zero-order chi connectivity index (χ0) is 12.3. The van der Waals surface area contributed by atoms with E-state index in [1.807, 2.05) is 6.07 Å². The molecule has 2 atom stereocenters. The van der Waals surface area contributed by atoms with E-state index in [9.17, 15) is 9.18 Å². The van der Waals surface area contributed by atoms with Crippen molar-refractivity contribution in [3.8, 4) is 0 Å². The fourth-order valence-electron chi connectivity index (χ4n) is 1.52. The first-order chi connectivity index (χ1) is 8.09. The van der Waals surface area contributed by atoms with Crippen molar-refractivity contribution in [2.75, 3.05) is 13.2 Å². The van der Waals surface area contributed by atoms with Crippen LogP contribution in [0.15, 0.2) is 30.3 Å². The highest BCUT2D eigenvalue weighted by atomic mass is 19.1. The van der Waals surface area contributed by atoms with Crippen molar-refractivity contribution in [1.82, 2.24) is 0 Å². The Balaban J connectivity index is 1.64. The molecular formula is C13H15FO3. The third kappa shape index (κ3) is 3.27. The number of alkyl halides is 1. The third-order valence-electron chi connectivity index (χ3n) is 2.74. The molecule has 92 valence electrons. The molecule has 1 aromatic carbocycles. The summed E-state index contributed by atoms with van der Waals surface area (Å²) in [6, 6.07) is 8.73. The molecule has 2 unspecified atom stereocenters. The molecule has 0 heterocycles. The van der Waals surface area contributed by atoms with Gasteiger partial charge in [0, 0.05) is 6.42 Å². The van der Waals surface area contributed by atoms with E-state index < -0.39 is 5.67 Å². The van der Waals surface area contributed by atoms with Crippen LogP contribution in [0.3, 0.4) is 0 Å². The lowest BCUT2D eigenvalue weighted by Gasteiger charge is -2.06. The summed E-state index contributed by atoms with van der Waals surface area (Å²) in [6.07, 6.45) is 0.0949. The Kier molecular flexibility index (Phi) is 3.43. The van der Waals surface area contributed by atoms with Crippen LogP contribution in [-0.2, 0) is 9.47 Å². The van der Waals surface area contributed by atoms with Gasteiger partial charge < -0.3 is 9.47 Å². The summed E-state index contributed by atoms with van der Waals surface area (Å²) in [5, 5.41) is 0. The zero-order valence-corrected chi connectivity index (χ0v) is 9.69. The van der Waals surface area contributed by atoms with Crippen molar-refractivity contribution >= 4 is 5.97 Å². The number of ether oxygens (including phenoxy) is 2. The topological polar surface area (TPSA) is 35.5 Å². The summed E-state index contributed by atoms with van der Waals surface area (Å²) in [4.78, 5) is 11.5. The molecule has 1 aliphatic carbocycles. The van der Waals surface area contributed by atoms with Gasteiger partial charge in [-0.25, -0.2) is 9.18 Å². The zero-order valence-electron chi connectivity index (χ0n) is 9.69. The molecule has 0 saturated heterocycles. The van der Waals surface area contributed by atoms with E-state index in [-0.39, 0.29) is 25.3 Å². The van der Waals surface area contributed by atoms with Gasteiger partial charge in [-0.2, -0.15) is 0 Å². The molecule has 1 aromatic rings. The van der Waals surface area contributed by atoms with Gasteiger partial charge in [0.1, 0.15) is 12.3 Å². The Bertz CT molecular complexity index is 389. The van der Waals surface area contributed by atoms with Gasteiger partial charge in [-0.3, -0.25) is 0 Å². The second-order valence-corrected chi connectivity index (χ2v) is 4.34. The molecule has 0 N–H and O–H groups in total.